The molecule has 0 saturated carbocycles. The second-order valence-electron chi connectivity index (χ2n) is 25.5. The molecule has 0 fully saturated rings. The molecule has 558 valence electrons. The Labute approximate surface area is 583 Å². The maximum absolute atomic E-state index is 13.1. The Kier molecular flexibility index (Phi) is 70.6. The molecule has 3 N–H and O–H groups in total. The Balaban J connectivity index is 5.23. The van der Waals surface area contributed by atoms with Crippen LogP contribution in [-0.2, 0) is 65.4 Å². The van der Waals surface area contributed by atoms with Crippen molar-refractivity contribution in [3.63, 3.8) is 0 Å². The van der Waals surface area contributed by atoms with Crippen LogP contribution in [0.3, 0.4) is 0 Å². The number of hydrogen-bond donors (Lipinski definition) is 3. The normalized spacial score (nSPS) is 14.4. The van der Waals surface area contributed by atoms with Crippen molar-refractivity contribution in [3.05, 3.63) is 72.9 Å². The van der Waals surface area contributed by atoms with Gasteiger partial charge in [-0.15, -0.1) is 0 Å². The highest BCUT2D eigenvalue weighted by molar-refractivity contribution is 7.47. The molecule has 0 bridgehead atoms. The maximum Gasteiger partial charge on any atom is 0.472 e. The van der Waals surface area contributed by atoms with Gasteiger partial charge in [-0.1, -0.05) is 215 Å². The smallest absolute Gasteiger partial charge is 0.457 e. The number of phosphoric acid groups is 2. The van der Waals surface area contributed by atoms with Gasteiger partial charge >= 0.3 is 27.6 Å². The van der Waals surface area contributed by atoms with Gasteiger partial charge in [0, 0.05) is 38.9 Å². The van der Waals surface area contributed by atoms with Crippen LogP contribution in [0.5, 0.6) is 0 Å². The average Bonchev–Trinajstić information content (AvgIpc) is 1.38. The van der Waals surface area contributed by atoms with Crippen LogP contribution in [0.2, 0.25) is 0 Å². The fourth-order valence-electron chi connectivity index (χ4n) is 10.3. The molecule has 0 radical (unpaired) electrons. The highest BCUT2D eigenvalue weighted by Gasteiger charge is 2.30. The summed E-state index contributed by atoms with van der Waals surface area (Å²) in [5, 5.41) is 10.6. The standard InChI is InChI=1S/C77H138O17P2/c1-3-5-7-9-11-13-15-17-19-25-31-37-43-49-55-61-76(81)93-74(69-87-65-59-53-47-41-35-29-23-21-27-33-39-45-51-57-63-78)71-91-95(83,84)89-67-73(80)68-90-96(85,86)92-72-75(70-88-66-60-54-48-42-36-30-24-22-28-34-40-46-52-58-64-79)94-77(82)62-56-50-44-38-32-26-20-18-16-14-12-10-8-6-4-2/h11-14,17-24,63-64,73-75,80H,3-10,15-16,25-62,65-72H2,1-2H3,(H,83,84)(H,85,86)/b13-11-,14-12-,19-17-,20-18-,23-21-,24-22-/t74-,75-/m1/s1. The second kappa shape index (κ2) is 73.1. The van der Waals surface area contributed by atoms with Gasteiger partial charge in [-0.2, -0.15) is 0 Å². The minimum absolute atomic E-state index is 0.0759. The maximum atomic E-state index is 13.1. The molecule has 0 aliphatic carbocycles. The van der Waals surface area contributed by atoms with Gasteiger partial charge in [0.05, 0.1) is 39.6 Å². The Bertz CT molecular complexity index is 1900. The summed E-state index contributed by atoms with van der Waals surface area (Å²) in [5.74, 6) is -0.960. The number of allylic oxidation sites excluding steroid dienone is 12. The highest BCUT2D eigenvalue weighted by Crippen LogP contribution is 2.45. The Morgan fingerprint density at radius 3 is 0.875 bits per heavy atom. The van der Waals surface area contributed by atoms with Gasteiger partial charge < -0.3 is 43.4 Å². The van der Waals surface area contributed by atoms with Crippen LogP contribution < -0.4 is 0 Å². The van der Waals surface area contributed by atoms with Crippen molar-refractivity contribution in [2.75, 3.05) is 52.9 Å². The number of aldehydes is 2. The van der Waals surface area contributed by atoms with Gasteiger partial charge in [0.15, 0.2) is 0 Å². The lowest BCUT2D eigenvalue weighted by molar-refractivity contribution is -0.155. The quantitative estimate of drug-likeness (QED) is 0.0169. The molecule has 96 heavy (non-hydrogen) atoms. The largest absolute Gasteiger partial charge is 0.472 e. The van der Waals surface area contributed by atoms with E-state index >= 15 is 0 Å². The number of esters is 2. The molecule has 0 aromatic rings. The minimum Gasteiger partial charge on any atom is -0.457 e. The van der Waals surface area contributed by atoms with Crippen molar-refractivity contribution in [3.8, 4) is 0 Å². The number of aliphatic hydroxyl groups excluding tert-OH is 1. The fourth-order valence-corrected chi connectivity index (χ4v) is 11.9. The number of unbranched alkanes of at least 4 members (excludes halogenated alkanes) is 36. The molecule has 2 unspecified atom stereocenters. The molecule has 0 aromatic carbocycles. The Hall–Kier alpha value is -3.18. The molecule has 19 heteroatoms. The van der Waals surface area contributed by atoms with E-state index in [9.17, 15) is 43.2 Å². The molecule has 0 amide bonds. The van der Waals surface area contributed by atoms with E-state index in [1.54, 1.807) is 0 Å². The van der Waals surface area contributed by atoms with Gasteiger partial charge in [0.1, 0.15) is 30.9 Å². The van der Waals surface area contributed by atoms with Crippen LogP contribution in [0.1, 0.15) is 322 Å². The summed E-state index contributed by atoms with van der Waals surface area (Å²) in [6, 6.07) is 0. The van der Waals surface area contributed by atoms with Gasteiger partial charge in [0.2, 0.25) is 0 Å². The minimum atomic E-state index is -4.86. The molecule has 0 spiro atoms. The van der Waals surface area contributed by atoms with Crippen molar-refractivity contribution in [2.24, 2.45) is 0 Å². The molecule has 0 aliphatic rings. The third-order valence-corrected chi connectivity index (χ3v) is 18.0. The van der Waals surface area contributed by atoms with E-state index < -0.39 is 72.3 Å². The van der Waals surface area contributed by atoms with E-state index in [2.05, 4.69) is 86.8 Å². The zero-order valence-electron chi connectivity index (χ0n) is 60.4. The lowest BCUT2D eigenvalue weighted by Crippen LogP contribution is -2.29. The van der Waals surface area contributed by atoms with E-state index in [4.69, 9.17) is 37.0 Å². The number of ether oxygens (including phenoxy) is 4. The summed E-state index contributed by atoms with van der Waals surface area (Å²) < 4.78 is 69.8. The first kappa shape index (κ1) is 92.8. The first-order valence-electron chi connectivity index (χ1n) is 38.1. The van der Waals surface area contributed by atoms with Crippen LogP contribution in [-0.4, -0.2) is 111 Å². The van der Waals surface area contributed by atoms with Gasteiger partial charge in [0.25, 0.3) is 0 Å². The first-order valence-corrected chi connectivity index (χ1v) is 41.1. The van der Waals surface area contributed by atoms with E-state index in [1.165, 1.54) is 38.5 Å². The molecule has 0 heterocycles. The third-order valence-electron chi connectivity index (χ3n) is 16.1. The second-order valence-corrected chi connectivity index (χ2v) is 28.4. The van der Waals surface area contributed by atoms with Crippen molar-refractivity contribution < 1.29 is 80.2 Å². The first-order chi connectivity index (χ1) is 46.9. The molecule has 0 saturated heterocycles. The molecule has 17 nitrogen and oxygen atoms in total. The average molecular weight is 1400 g/mol. The van der Waals surface area contributed by atoms with Gasteiger partial charge in [-0.05, 0) is 154 Å². The van der Waals surface area contributed by atoms with Crippen LogP contribution in [0.25, 0.3) is 0 Å². The summed E-state index contributed by atoms with van der Waals surface area (Å²) in [4.78, 5) is 68.2. The topological polar surface area (TPSA) is 237 Å². The number of carbonyl (C=O) groups excluding carboxylic acids is 4. The summed E-state index contributed by atoms with van der Waals surface area (Å²) in [6.45, 7) is 2.36. The van der Waals surface area contributed by atoms with E-state index in [0.29, 0.717) is 38.9 Å². The Morgan fingerprint density at radius 2 is 0.573 bits per heavy atom. The van der Waals surface area contributed by atoms with Crippen molar-refractivity contribution in [1.82, 2.24) is 0 Å². The highest BCUT2D eigenvalue weighted by atomic mass is 31.2. The van der Waals surface area contributed by atoms with E-state index in [-0.39, 0.29) is 26.1 Å². The molecule has 0 aliphatic heterocycles. The molecule has 0 aromatic heterocycles. The van der Waals surface area contributed by atoms with Crippen LogP contribution in [0.15, 0.2) is 72.9 Å². The van der Waals surface area contributed by atoms with Crippen LogP contribution in [0.4, 0.5) is 0 Å². The summed E-state index contributed by atoms with van der Waals surface area (Å²) in [7, 11) is -9.72. The van der Waals surface area contributed by atoms with Gasteiger partial charge in [-0.3, -0.25) is 27.7 Å². The number of hydrogen-bond acceptors (Lipinski definition) is 15. The van der Waals surface area contributed by atoms with E-state index in [0.717, 1.165) is 244 Å². The molecule has 0 rings (SSSR count). The van der Waals surface area contributed by atoms with E-state index in [1.807, 2.05) is 0 Å². The van der Waals surface area contributed by atoms with Crippen LogP contribution in [0, 0.1) is 0 Å². The number of aliphatic hydroxyl groups is 1. The summed E-state index contributed by atoms with van der Waals surface area (Å²) >= 11 is 0. The van der Waals surface area contributed by atoms with Crippen LogP contribution >= 0.6 is 15.6 Å². The zero-order valence-corrected chi connectivity index (χ0v) is 62.2. The lowest BCUT2D eigenvalue weighted by atomic mass is 10.1. The zero-order chi connectivity index (χ0) is 70.0. The van der Waals surface area contributed by atoms with Gasteiger partial charge in [-0.25, -0.2) is 9.13 Å². The number of phosphoric ester groups is 2. The predicted molar refractivity (Wildman–Crippen MR) is 391 cm³/mol. The molecular formula is C77H138O17P2. The molecule has 4 atom stereocenters. The number of carbonyl (C=O) groups is 4. The third kappa shape index (κ3) is 72.1. The predicted octanol–water partition coefficient (Wildman–Crippen LogP) is 21.0. The summed E-state index contributed by atoms with van der Waals surface area (Å²) in [5.41, 5.74) is 0. The monoisotopic (exact) mass is 1400 g/mol. The fraction of sp³-hybridized carbons (Fsp3) is 0.792. The molecular weight excluding hydrogens is 1260 g/mol. The summed E-state index contributed by atoms with van der Waals surface area (Å²) in [6.07, 6.45) is 72.7. The Morgan fingerprint density at radius 1 is 0.323 bits per heavy atom. The van der Waals surface area contributed by atoms with Crippen molar-refractivity contribution >= 4 is 40.2 Å². The SMILES string of the molecule is CCCCC/C=C\C/C=C\CCCCCCCC(=O)O[C@H](COCCCCCCC/C=C\CCCCCCC=O)COP(=O)(O)OCC(O)COP(=O)(O)OC[C@@H](COCCCCCCC/C=C\CCCCCCC=O)OC(=O)CCCCCCC/C=C\C/C=C\CCCCC. The number of rotatable bonds is 76. The van der Waals surface area contributed by atoms with Crippen molar-refractivity contribution in [1.29, 1.82) is 0 Å². The lowest BCUT2D eigenvalue weighted by Gasteiger charge is -2.21. The van der Waals surface area contributed by atoms with Crippen molar-refractivity contribution in [2.45, 2.75) is 340 Å².